The number of carbonyl (C=O) groups excluding carboxylic acids is 1. The van der Waals surface area contributed by atoms with Crippen LogP contribution < -0.4 is 5.32 Å². The Morgan fingerprint density at radius 2 is 2.12 bits per heavy atom. The summed E-state index contributed by atoms with van der Waals surface area (Å²) in [7, 11) is 3.20. The molecular weight excluding hydrogens is 355 g/mol. The minimum absolute atomic E-state index is 0.341. The second-order valence-electron chi connectivity index (χ2n) is 6.05. The van der Waals surface area contributed by atoms with Gasteiger partial charge in [0.25, 0.3) is 0 Å². The van der Waals surface area contributed by atoms with Crippen LogP contribution in [0.5, 0.6) is 0 Å². The second kappa shape index (κ2) is 7.79. The minimum Gasteiger partial charge on any atom is -0.453 e. The highest BCUT2D eigenvalue weighted by molar-refractivity contribution is 6.30. The van der Waals surface area contributed by atoms with Crippen molar-refractivity contribution in [3.63, 3.8) is 0 Å². The number of hydrogen-bond donors (Lipinski definition) is 1. The van der Waals surface area contributed by atoms with Gasteiger partial charge in [-0.05, 0) is 47.9 Å². The predicted octanol–water partition coefficient (Wildman–Crippen LogP) is 5.12. The minimum atomic E-state index is -0.436. The Morgan fingerprint density at radius 1 is 1.31 bits per heavy atom. The fourth-order valence-electron chi connectivity index (χ4n) is 3.26. The van der Waals surface area contributed by atoms with Crippen LogP contribution in [0.3, 0.4) is 0 Å². The van der Waals surface area contributed by atoms with Crippen molar-refractivity contribution in [2.75, 3.05) is 26.0 Å². The molecule has 1 atom stereocenters. The van der Waals surface area contributed by atoms with Crippen molar-refractivity contribution in [1.82, 2.24) is 4.90 Å². The number of halogens is 2. The molecule has 0 fully saturated rings. The van der Waals surface area contributed by atoms with Crippen LogP contribution in [0, 0.1) is 5.82 Å². The lowest BCUT2D eigenvalue weighted by atomic mass is 9.91. The monoisotopic (exact) mass is 374 g/mol. The van der Waals surface area contributed by atoms with Crippen LogP contribution in [0.15, 0.2) is 48.5 Å². The largest absolute Gasteiger partial charge is 0.453 e. The number of rotatable bonds is 3. The predicted molar refractivity (Wildman–Crippen MR) is 102 cm³/mol. The Hall–Kier alpha value is -2.53. The van der Waals surface area contributed by atoms with E-state index in [4.69, 9.17) is 16.3 Å². The highest BCUT2D eigenvalue weighted by atomic mass is 35.5. The fourth-order valence-corrected chi connectivity index (χ4v) is 3.43. The van der Waals surface area contributed by atoms with Gasteiger partial charge in [0, 0.05) is 29.9 Å². The molecule has 0 saturated carbocycles. The molecule has 1 N–H and O–H groups in total. The summed E-state index contributed by atoms with van der Waals surface area (Å²) in [5.74, 6) is -0.341. The number of methoxy groups -OCH3 is 1. The number of benzene rings is 2. The molecule has 0 bridgehead atoms. The maximum Gasteiger partial charge on any atom is 0.410 e. The van der Waals surface area contributed by atoms with Gasteiger partial charge in [-0.2, -0.15) is 0 Å². The molecule has 26 heavy (non-hydrogen) atoms. The van der Waals surface area contributed by atoms with Crippen LogP contribution in [0.1, 0.15) is 23.6 Å². The number of amides is 1. The molecule has 1 aliphatic heterocycles. The van der Waals surface area contributed by atoms with Crippen molar-refractivity contribution < 1.29 is 13.9 Å². The summed E-state index contributed by atoms with van der Waals surface area (Å²) in [6.07, 6.45) is 2.19. The van der Waals surface area contributed by atoms with Crippen molar-refractivity contribution in [3.05, 3.63) is 70.5 Å². The average molecular weight is 375 g/mol. The van der Waals surface area contributed by atoms with Crippen LogP contribution >= 0.6 is 11.6 Å². The Bertz CT molecular complexity index is 853. The third kappa shape index (κ3) is 3.68. The number of nitrogens with zero attached hydrogens (tertiary/aromatic N) is 1. The van der Waals surface area contributed by atoms with Gasteiger partial charge in [0.15, 0.2) is 0 Å². The maximum atomic E-state index is 13.7. The van der Waals surface area contributed by atoms with Gasteiger partial charge >= 0.3 is 6.09 Å². The van der Waals surface area contributed by atoms with Gasteiger partial charge in [-0.25, -0.2) is 9.18 Å². The maximum absolute atomic E-state index is 13.7. The van der Waals surface area contributed by atoms with Crippen LogP contribution in [0.25, 0.3) is 5.57 Å². The summed E-state index contributed by atoms with van der Waals surface area (Å²) in [4.78, 5) is 13.8. The first-order valence-electron chi connectivity index (χ1n) is 8.32. The van der Waals surface area contributed by atoms with E-state index in [1.807, 2.05) is 31.3 Å². The summed E-state index contributed by atoms with van der Waals surface area (Å²) < 4.78 is 18.6. The van der Waals surface area contributed by atoms with E-state index in [0.717, 1.165) is 16.8 Å². The van der Waals surface area contributed by atoms with Crippen molar-refractivity contribution in [2.45, 2.75) is 12.5 Å². The normalized spacial score (nSPS) is 16.8. The molecule has 3 rings (SSSR count). The van der Waals surface area contributed by atoms with Crippen molar-refractivity contribution in [3.8, 4) is 0 Å². The van der Waals surface area contributed by atoms with E-state index in [0.29, 0.717) is 23.6 Å². The van der Waals surface area contributed by atoms with E-state index in [9.17, 15) is 9.18 Å². The third-order valence-corrected chi connectivity index (χ3v) is 4.75. The van der Waals surface area contributed by atoms with E-state index in [1.165, 1.54) is 19.2 Å². The zero-order chi connectivity index (χ0) is 18.7. The van der Waals surface area contributed by atoms with Gasteiger partial charge in [0.05, 0.1) is 13.2 Å². The molecule has 1 aliphatic rings. The summed E-state index contributed by atoms with van der Waals surface area (Å²) in [6.45, 7) is 0.468. The van der Waals surface area contributed by atoms with E-state index < -0.39 is 12.1 Å². The zero-order valence-corrected chi connectivity index (χ0v) is 15.4. The van der Waals surface area contributed by atoms with Gasteiger partial charge in [0.2, 0.25) is 0 Å². The molecule has 136 valence electrons. The summed E-state index contributed by atoms with van der Waals surface area (Å²) in [5.41, 5.74) is 3.67. The number of anilines is 1. The molecule has 1 amide bonds. The molecule has 0 aliphatic carbocycles. The summed E-state index contributed by atoms with van der Waals surface area (Å²) >= 11 is 6.18. The quantitative estimate of drug-likeness (QED) is 0.810. The summed E-state index contributed by atoms with van der Waals surface area (Å²) in [6, 6.07) is 11.5. The molecule has 0 saturated heterocycles. The van der Waals surface area contributed by atoms with Gasteiger partial charge in [-0.3, -0.25) is 4.90 Å². The van der Waals surface area contributed by atoms with Gasteiger partial charge in [-0.1, -0.05) is 29.8 Å². The third-order valence-electron chi connectivity index (χ3n) is 4.51. The van der Waals surface area contributed by atoms with E-state index in [2.05, 4.69) is 5.32 Å². The molecule has 0 spiro atoms. The van der Waals surface area contributed by atoms with Crippen molar-refractivity contribution in [2.24, 2.45) is 0 Å². The first-order valence-corrected chi connectivity index (χ1v) is 8.69. The number of hydrogen-bond acceptors (Lipinski definition) is 3. The zero-order valence-electron chi connectivity index (χ0n) is 14.6. The lowest BCUT2D eigenvalue weighted by Gasteiger charge is -2.34. The Balaban J connectivity index is 2.08. The SMILES string of the molecule is CNc1ccc(Cl)cc1C1=CC(c2cccc(F)c2)N(C(=O)OC)CC1. The van der Waals surface area contributed by atoms with Crippen LogP contribution in [-0.4, -0.2) is 31.7 Å². The van der Waals surface area contributed by atoms with Gasteiger partial charge in [0.1, 0.15) is 5.82 Å². The average Bonchev–Trinajstić information content (AvgIpc) is 2.67. The van der Waals surface area contributed by atoms with Crippen LogP contribution in [0.4, 0.5) is 14.9 Å². The highest BCUT2D eigenvalue weighted by Crippen LogP contribution is 2.37. The lowest BCUT2D eigenvalue weighted by Crippen LogP contribution is -2.37. The molecule has 6 heteroatoms. The molecule has 2 aromatic carbocycles. The molecule has 1 heterocycles. The first-order chi connectivity index (χ1) is 12.5. The molecule has 0 radical (unpaired) electrons. The Kier molecular flexibility index (Phi) is 5.47. The van der Waals surface area contributed by atoms with Crippen molar-refractivity contribution in [1.29, 1.82) is 0 Å². The lowest BCUT2D eigenvalue weighted by molar-refractivity contribution is 0.112. The molecular formula is C20H20ClFN2O2. The molecule has 1 unspecified atom stereocenters. The smallest absolute Gasteiger partial charge is 0.410 e. The first kappa shape index (κ1) is 18.3. The van der Waals surface area contributed by atoms with E-state index in [1.54, 1.807) is 17.0 Å². The van der Waals surface area contributed by atoms with Gasteiger partial charge in [-0.15, -0.1) is 0 Å². The van der Waals surface area contributed by atoms with E-state index in [-0.39, 0.29) is 5.82 Å². The van der Waals surface area contributed by atoms with Crippen LogP contribution in [0.2, 0.25) is 5.02 Å². The van der Waals surface area contributed by atoms with Crippen molar-refractivity contribution >= 4 is 29.0 Å². The summed E-state index contributed by atoms with van der Waals surface area (Å²) in [5, 5.41) is 3.80. The Labute approximate surface area is 157 Å². The molecule has 2 aromatic rings. The topological polar surface area (TPSA) is 41.6 Å². The second-order valence-corrected chi connectivity index (χ2v) is 6.48. The van der Waals surface area contributed by atoms with Gasteiger partial charge < -0.3 is 10.1 Å². The Morgan fingerprint density at radius 3 is 2.81 bits per heavy atom. The van der Waals surface area contributed by atoms with E-state index >= 15 is 0 Å². The number of carbonyl (C=O) groups is 1. The molecule has 4 nitrogen and oxygen atoms in total. The number of ether oxygens (including phenoxy) is 1. The molecule has 0 aromatic heterocycles. The highest BCUT2D eigenvalue weighted by Gasteiger charge is 2.29. The standard InChI is InChI=1S/C20H20ClFN2O2/c1-23-18-7-6-15(21)12-17(18)13-8-9-24(20(25)26-2)19(11-13)14-4-3-5-16(22)10-14/h3-7,10-12,19,23H,8-9H2,1-2H3. The number of nitrogens with one attached hydrogen (secondary N) is 1. The van der Waals surface area contributed by atoms with Crippen LogP contribution in [-0.2, 0) is 4.74 Å². The fraction of sp³-hybridized carbons (Fsp3) is 0.250.